The van der Waals surface area contributed by atoms with Crippen LogP contribution in [0.5, 0.6) is 0 Å². The summed E-state index contributed by atoms with van der Waals surface area (Å²) in [7, 11) is 0. The van der Waals surface area contributed by atoms with E-state index in [2.05, 4.69) is 5.32 Å². The second kappa shape index (κ2) is 8.75. The molecule has 1 amide bonds. The number of allylic oxidation sites excluding steroid dienone is 4. The van der Waals surface area contributed by atoms with E-state index in [9.17, 15) is 14.4 Å². The van der Waals surface area contributed by atoms with Crippen LogP contribution in [0.4, 0.5) is 0 Å². The first-order chi connectivity index (χ1) is 12.3. The molecule has 4 heteroatoms. The lowest BCUT2D eigenvalue weighted by Crippen LogP contribution is -2.31. The Morgan fingerprint density at radius 1 is 0.923 bits per heavy atom. The number of carbonyl (C=O) groups excluding carboxylic acids is 3. The van der Waals surface area contributed by atoms with Crippen LogP contribution < -0.4 is 5.32 Å². The van der Waals surface area contributed by atoms with Gasteiger partial charge in [-0.15, -0.1) is 0 Å². The second-order valence-electron chi connectivity index (χ2n) is 6.98. The molecule has 0 spiro atoms. The molecule has 0 heterocycles. The van der Waals surface area contributed by atoms with Gasteiger partial charge >= 0.3 is 0 Å². The third-order valence-electron chi connectivity index (χ3n) is 5.14. The van der Waals surface area contributed by atoms with Gasteiger partial charge in [0.1, 0.15) is 0 Å². The fourth-order valence-corrected chi connectivity index (χ4v) is 3.10. The number of amides is 1. The van der Waals surface area contributed by atoms with Crippen molar-refractivity contribution in [2.24, 2.45) is 5.92 Å². The third kappa shape index (κ3) is 4.57. The zero-order valence-electron chi connectivity index (χ0n) is 16.0. The summed E-state index contributed by atoms with van der Waals surface area (Å²) in [5.74, 6) is -0.341. The van der Waals surface area contributed by atoms with Crippen molar-refractivity contribution in [3.63, 3.8) is 0 Å². The standard InChI is InChI=1S/C22H27NO3/c1-14(22(26)23-13-12-18-8-6-5-7-9-18)10-11-19-17(4)20(24)15(2)16(3)21(19)25/h5-9,14H,10-13H2,1-4H3,(H,23,26). The van der Waals surface area contributed by atoms with Crippen LogP contribution in [0.2, 0.25) is 0 Å². The molecule has 1 unspecified atom stereocenters. The first kappa shape index (κ1) is 19.8. The molecule has 0 bridgehead atoms. The van der Waals surface area contributed by atoms with Crippen molar-refractivity contribution in [3.05, 3.63) is 58.2 Å². The van der Waals surface area contributed by atoms with Crippen LogP contribution in [-0.2, 0) is 20.8 Å². The summed E-state index contributed by atoms with van der Waals surface area (Å²) in [5.41, 5.74) is 3.32. The van der Waals surface area contributed by atoms with Gasteiger partial charge in [-0.1, -0.05) is 37.3 Å². The SMILES string of the molecule is CC1=C(C)C(=O)C(CCC(C)C(=O)NCCc2ccccc2)=C(C)C1=O. The number of nitrogens with one attached hydrogen (secondary N) is 1. The lowest BCUT2D eigenvalue weighted by atomic mass is 9.83. The Bertz CT molecular complexity index is 772. The molecule has 0 aromatic heterocycles. The largest absolute Gasteiger partial charge is 0.356 e. The van der Waals surface area contributed by atoms with Crippen molar-refractivity contribution in [1.29, 1.82) is 0 Å². The molecule has 1 aliphatic rings. The number of Topliss-reactive ketones (excluding diaryl/α,β-unsaturated/α-hetero) is 2. The number of hydrogen-bond donors (Lipinski definition) is 1. The molecule has 1 atom stereocenters. The number of carbonyl (C=O) groups is 3. The van der Waals surface area contributed by atoms with Gasteiger partial charge in [0.15, 0.2) is 11.6 Å². The van der Waals surface area contributed by atoms with E-state index in [-0.39, 0.29) is 23.4 Å². The quantitative estimate of drug-likeness (QED) is 0.762. The highest BCUT2D eigenvalue weighted by Crippen LogP contribution is 2.28. The minimum Gasteiger partial charge on any atom is -0.356 e. The van der Waals surface area contributed by atoms with Crippen molar-refractivity contribution < 1.29 is 14.4 Å². The van der Waals surface area contributed by atoms with Crippen LogP contribution in [0.25, 0.3) is 0 Å². The summed E-state index contributed by atoms with van der Waals surface area (Å²) in [4.78, 5) is 36.9. The Morgan fingerprint density at radius 2 is 1.54 bits per heavy atom. The molecular weight excluding hydrogens is 326 g/mol. The molecule has 26 heavy (non-hydrogen) atoms. The highest BCUT2D eigenvalue weighted by Gasteiger charge is 2.28. The Labute approximate surface area is 155 Å². The van der Waals surface area contributed by atoms with Crippen molar-refractivity contribution in [2.75, 3.05) is 6.54 Å². The molecule has 1 N–H and O–H groups in total. The Balaban J connectivity index is 1.86. The first-order valence-corrected chi connectivity index (χ1v) is 9.11. The van der Waals surface area contributed by atoms with Gasteiger partial charge in [-0.3, -0.25) is 14.4 Å². The summed E-state index contributed by atoms with van der Waals surface area (Å²) in [6.45, 7) is 7.54. The molecule has 1 aromatic rings. The molecule has 1 aromatic carbocycles. The van der Waals surface area contributed by atoms with Gasteiger partial charge in [-0.25, -0.2) is 0 Å². The van der Waals surface area contributed by atoms with Crippen LogP contribution in [0, 0.1) is 5.92 Å². The Kier molecular flexibility index (Phi) is 6.67. The highest BCUT2D eigenvalue weighted by atomic mass is 16.2. The van der Waals surface area contributed by atoms with Crippen LogP contribution in [0.3, 0.4) is 0 Å². The summed E-state index contributed by atoms with van der Waals surface area (Å²) in [6.07, 6.45) is 1.79. The van der Waals surface area contributed by atoms with E-state index in [1.165, 1.54) is 5.56 Å². The fraction of sp³-hybridized carbons (Fsp3) is 0.409. The minimum absolute atomic E-state index is 0.0165. The average Bonchev–Trinajstić information content (AvgIpc) is 2.65. The molecule has 1 aliphatic carbocycles. The minimum atomic E-state index is -0.207. The first-order valence-electron chi connectivity index (χ1n) is 9.11. The maximum Gasteiger partial charge on any atom is 0.222 e. The van der Waals surface area contributed by atoms with E-state index in [0.717, 1.165) is 6.42 Å². The highest BCUT2D eigenvalue weighted by molar-refractivity contribution is 6.24. The van der Waals surface area contributed by atoms with Crippen molar-refractivity contribution in [2.45, 2.75) is 47.0 Å². The maximum absolute atomic E-state index is 12.4. The molecule has 0 fully saturated rings. The normalized spacial score (nSPS) is 16.2. The summed E-state index contributed by atoms with van der Waals surface area (Å²) >= 11 is 0. The van der Waals surface area contributed by atoms with E-state index in [0.29, 0.717) is 41.7 Å². The van der Waals surface area contributed by atoms with Crippen molar-refractivity contribution >= 4 is 17.5 Å². The van der Waals surface area contributed by atoms with Crippen LogP contribution in [-0.4, -0.2) is 24.0 Å². The molecule has 0 saturated carbocycles. The number of ketones is 2. The summed E-state index contributed by atoms with van der Waals surface area (Å²) < 4.78 is 0. The third-order valence-corrected chi connectivity index (χ3v) is 5.14. The van der Waals surface area contributed by atoms with Gasteiger partial charge in [-0.2, -0.15) is 0 Å². The predicted octanol–water partition coefficient (Wildman–Crippen LogP) is 3.57. The Hall–Kier alpha value is -2.49. The number of benzene rings is 1. The summed E-state index contributed by atoms with van der Waals surface area (Å²) in [6, 6.07) is 10.0. The molecule has 0 saturated heterocycles. The van der Waals surface area contributed by atoms with Crippen LogP contribution >= 0.6 is 0 Å². The number of hydrogen-bond acceptors (Lipinski definition) is 3. The zero-order valence-corrected chi connectivity index (χ0v) is 16.0. The maximum atomic E-state index is 12.4. The second-order valence-corrected chi connectivity index (χ2v) is 6.98. The van der Waals surface area contributed by atoms with Gasteiger partial charge in [0, 0.05) is 34.8 Å². The van der Waals surface area contributed by atoms with E-state index in [1.807, 2.05) is 37.3 Å². The van der Waals surface area contributed by atoms with Gasteiger partial charge < -0.3 is 5.32 Å². The molecule has 4 nitrogen and oxygen atoms in total. The Morgan fingerprint density at radius 3 is 2.19 bits per heavy atom. The van der Waals surface area contributed by atoms with E-state index in [1.54, 1.807) is 20.8 Å². The van der Waals surface area contributed by atoms with Gasteiger partial charge in [0.2, 0.25) is 5.91 Å². The fourth-order valence-electron chi connectivity index (χ4n) is 3.10. The van der Waals surface area contributed by atoms with Crippen molar-refractivity contribution in [1.82, 2.24) is 5.32 Å². The van der Waals surface area contributed by atoms with Gasteiger partial charge in [-0.05, 0) is 45.6 Å². The monoisotopic (exact) mass is 353 g/mol. The van der Waals surface area contributed by atoms with Gasteiger partial charge in [0.05, 0.1) is 0 Å². The van der Waals surface area contributed by atoms with Crippen LogP contribution in [0.1, 0.15) is 46.1 Å². The number of rotatable bonds is 7. The predicted molar refractivity (Wildman–Crippen MR) is 103 cm³/mol. The smallest absolute Gasteiger partial charge is 0.222 e. The lowest BCUT2D eigenvalue weighted by Gasteiger charge is -2.20. The topological polar surface area (TPSA) is 63.2 Å². The lowest BCUT2D eigenvalue weighted by molar-refractivity contribution is -0.124. The van der Waals surface area contributed by atoms with E-state index >= 15 is 0 Å². The van der Waals surface area contributed by atoms with Crippen molar-refractivity contribution in [3.8, 4) is 0 Å². The summed E-state index contributed by atoms with van der Waals surface area (Å²) in [5, 5.41) is 2.95. The molecular formula is C22H27NO3. The molecule has 0 aliphatic heterocycles. The van der Waals surface area contributed by atoms with Crippen LogP contribution in [0.15, 0.2) is 52.6 Å². The van der Waals surface area contributed by atoms with E-state index in [4.69, 9.17) is 0 Å². The van der Waals surface area contributed by atoms with E-state index < -0.39 is 0 Å². The molecule has 138 valence electrons. The average molecular weight is 353 g/mol. The zero-order chi connectivity index (χ0) is 19.3. The molecule has 0 radical (unpaired) electrons. The molecule has 2 rings (SSSR count). The van der Waals surface area contributed by atoms with Gasteiger partial charge in [0.25, 0.3) is 0 Å².